The van der Waals surface area contributed by atoms with Crippen molar-refractivity contribution in [2.24, 2.45) is 0 Å². The Hall–Kier alpha value is -6.85. The molecular weight excluding hydrogens is 611 g/mol. The third kappa shape index (κ3) is 4.45. The first-order valence-electron chi connectivity index (χ1n) is 16.8. The lowest BCUT2D eigenvalue weighted by Crippen LogP contribution is -2.04. The molecule has 0 fully saturated rings. The van der Waals surface area contributed by atoms with Crippen LogP contribution < -0.4 is 0 Å². The lowest BCUT2D eigenvalue weighted by molar-refractivity contribution is 0.982. The fourth-order valence-corrected chi connectivity index (χ4v) is 7.38. The number of hydrogen-bond acceptors (Lipinski definition) is 3. The fraction of sp³-hybridized carbons (Fsp3) is 0. The zero-order valence-corrected chi connectivity index (χ0v) is 27.0. The number of pyridine rings is 1. The van der Waals surface area contributed by atoms with Crippen molar-refractivity contribution in [2.45, 2.75) is 0 Å². The molecule has 5 nitrogen and oxygen atoms in total. The normalized spacial score (nSPS) is 11.6. The van der Waals surface area contributed by atoms with Crippen LogP contribution in [0, 0.1) is 0 Å². The van der Waals surface area contributed by atoms with Crippen molar-refractivity contribution in [2.75, 3.05) is 0 Å². The molecule has 4 aromatic heterocycles. The molecule has 0 aliphatic carbocycles. The van der Waals surface area contributed by atoms with Crippen LogP contribution in [0.25, 0.3) is 89.0 Å². The zero-order valence-electron chi connectivity index (χ0n) is 27.0. The van der Waals surface area contributed by atoms with E-state index < -0.39 is 0 Å². The third-order valence-electron chi connectivity index (χ3n) is 9.60. The van der Waals surface area contributed by atoms with Gasteiger partial charge in [0, 0.05) is 44.6 Å². The molecule has 234 valence electrons. The number of hydrogen-bond donors (Lipinski definition) is 0. The van der Waals surface area contributed by atoms with E-state index in [4.69, 9.17) is 15.0 Å². The Morgan fingerprint density at radius 2 is 1.04 bits per heavy atom. The Labute approximate surface area is 288 Å². The van der Waals surface area contributed by atoms with Crippen molar-refractivity contribution in [3.63, 3.8) is 0 Å². The molecule has 4 heterocycles. The van der Waals surface area contributed by atoms with E-state index in [-0.39, 0.29) is 0 Å². The van der Waals surface area contributed by atoms with Crippen LogP contribution in [0.15, 0.2) is 176 Å². The van der Waals surface area contributed by atoms with E-state index in [1.165, 1.54) is 27.4 Å². The maximum atomic E-state index is 5.21. The molecule has 6 aromatic carbocycles. The van der Waals surface area contributed by atoms with Gasteiger partial charge in [0.05, 0.1) is 27.9 Å². The van der Waals surface area contributed by atoms with E-state index in [0.717, 1.165) is 55.7 Å². The third-order valence-corrected chi connectivity index (χ3v) is 9.60. The number of rotatable bonds is 5. The summed E-state index contributed by atoms with van der Waals surface area (Å²) in [5, 5.41) is 4.60. The SMILES string of the molecule is c1ccc(-c2cc(-c3ccccc3)nc(-n3c4cc(-c5cccc6c5c5ccccc5n6-c5ccccc5)ccc4c4cccnc43)n2)cc1. The van der Waals surface area contributed by atoms with Crippen LogP contribution in [0.4, 0.5) is 0 Å². The smallest absolute Gasteiger partial charge is 0.237 e. The summed E-state index contributed by atoms with van der Waals surface area (Å²) in [6.45, 7) is 0. The number of fused-ring (bicyclic) bond motifs is 6. The predicted molar refractivity (Wildman–Crippen MR) is 205 cm³/mol. The number of benzene rings is 6. The summed E-state index contributed by atoms with van der Waals surface area (Å²) in [5.41, 5.74) is 11.4. The fourth-order valence-electron chi connectivity index (χ4n) is 7.38. The first-order valence-corrected chi connectivity index (χ1v) is 16.8. The maximum Gasteiger partial charge on any atom is 0.237 e. The molecule has 0 aliphatic rings. The Bertz CT molecular complexity index is 2800. The van der Waals surface area contributed by atoms with Gasteiger partial charge in [-0.1, -0.05) is 121 Å². The van der Waals surface area contributed by atoms with Crippen molar-refractivity contribution in [1.29, 1.82) is 0 Å². The summed E-state index contributed by atoms with van der Waals surface area (Å²) < 4.78 is 4.49. The van der Waals surface area contributed by atoms with Crippen molar-refractivity contribution in [3.05, 3.63) is 176 Å². The first kappa shape index (κ1) is 28.2. The topological polar surface area (TPSA) is 48.5 Å². The molecular formula is C45H29N5. The highest BCUT2D eigenvalue weighted by Crippen LogP contribution is 2.40. The molecule has 10 aromatic rings. The summed E-state index contributed by atoms with van der Waals surface area (Å²) in [5.74, 6) is 0.583. The molecule has 0 N–H and O–H groups in total. The quantitative estimate of drug-likeness (QED) is 0.188. The highest BCUT2D eigenvalue weighted by molar-refractivity contribution is 6.17. The van der Waals surface area contributed by atoms with E-state index in [2.05, 4.69) is 137 Å². The minimum Gasteiger partial charge on any atom is -0.309 e. The lowest BCUT2D eigenvalue weighted by atomic mass is 9.98. The van der Waals surface area contributed by atoms with E-state index in [9.17, 15) is 0 Å². The molecule has 10 rings (SSSR count). The minimum atomic E-state index is 0.583. The van der Waals surface area contributed by atoms with Crippen molar-refractivity contribution >= 4 is 43.7 Å². The summed E-state index contributed by atoms with van der Waals surface area (Å²) in [4.78, 5) is 15.3. The molecule has 5 heteroatoms. The summed E-state index contributed by atoms with van der Waals surface area (Å²) in [7, 11) is 0. The van der Waals surface area contributed by atoms with E-state index in [0.29, 0.717) is 5.95 Å². The van der Waals surface area contributed by atoms with Crippen molar-refractivity contribution < 1.29 is 0 Å². The maximum absolute atomic E-state index is 5.21. The van der Waals surface area contributed by atoms with Crippen LogP contribution in [0.5, 0.6) is 0 Å². The molecule has 0 saturated heterocycles. The minimum absolute atomic E-state index is 0.583. The van der Waals surface area contributed by atoms with E-state index in [1.54, 1.807) is 0 Å². The molecule has 0 spiro atoms. The Morgan fingerprint density at radius 1 is 0.400 bits per heavy atom. The molecule has 0 aliphatic heterocycles. The van der Waals surface area contributed by atoms with Gasteiger partial charge in [0.15, 0.2) is 0 Å². The average molecular weight is 640 g/mol. The van der Waals surface area contributed by atoms with Gasteiger partial charge >= 0.3 is 0 Å². The van der Waals surface area contributed by atoms with Crippen LogP contribution >= 0.6 is 0 Å². The molecule has 0 bridgehead atoms. The number of nitrogens with zero attached hydrogens (tertiary/aromatic N) is 5. The van der Waals surface area contributed by atoms with E-state index in [1.807, 2.05) is 48.7 Å². The van der Waals surface area contributed by atoms with Gasteiger partial charge < -0.3 is 4.57 Å². The summed E-state index contributed by atoms with van der Waals surface area (Å²) in [6, 6.07) is 59.4. The number of aromatic nitrogens is 5. The average Bonchev–Trinajstić information content (AvgIpc) is 3.71. The summed E-state index contributed by atoms with van der Waals surface area (Å²) >= 11 is 0. The second-order valence-electron chi connectivity index (χ2n) is 12.5. The Morgan fingerprint density at radius 3 is 1.78 bits per heavy atom. The molecule has 0 amide bonds. The highest BCUT2D eigenvalue weighted by Gasteiger charge is 2.20. The molecule has 0 atom stereocenters. The van der Waals surface area contributed by atoms with Gasteiger partial charge in [-0.2, -0.15) is 0 Å². The van der Waals surface area contributed by atoms with Gasteiger partial charge in [0.1, 0.15) is 5.65 Å². The van der Waals surface area contributed by atoms with Crippen LogP contribution in [0.1, 0.15) is 0 Å². The Balaban J connectivity index is 1.25. The van der Waals surface area contributed by atoms with Crippen LogP contribution in [0.3, 0.4) is 0 Å². The monoisotopic (exact) mass is 639 g/mol. The van der Waals surface area contributed by atoms with E-state index >= 15 is 0 Å². The standard InChI is InChI=1S/C45H29N5/c1-4-14-30(15-5-1)38-29-39(31-16-6-2-7-17-31)48-45(47-38)50-42-28-32(25-26-35(42)36-22-13-27-46-44(36)50)34-21-12-24-41-43(34)37-20-10-11-23-40(37)49(41)33-18-8-3-9-19-33/h1-29H. The summed E-state index contributed by atoms with van der Waals surface area (Å²) in [6.07, 6.45) is 1.84. The van der Waals surface area contributed by atoms with Gasteiger partial charge in [-0.25, -0.2) is 15.0 Å². The Kier molecular flexibility index (Phi) is 6.42. The van der Waals surface area contributed by atoms with Crippen LogP contribution in [-0.4, -0.2) is 24.1 Å². The zero-order chi connectivity index (χ0) is 33.0. The molecule has 0 saturated carbocycles. The lowest BCUT2D eigenvalue weighted by Gasteiger charge is -2.12. The van der Waals surface area contributed by atoms with Crippen LogP contribution in [0.2, 0.25) is 0 Å². The molecule has 0 unspecified atom stereocenters. The van der Waals surface area contributed by atoms with Crippen molar-refractivity contribution in [3.8, 4) is 45.3 Å². The highest BCUT2D eigenvalue weighted by atomic mass is 15.2. The number of para-hydroxylation sites is 2. The molecule has 0 radical (unpaired) electrons. The predicted octanol–water partition coefficient (Wildman–Crippen LogP) is 11.1. The second kappa shape index (κ2) is 11.4. The second-order valence-corrected chi connectivity index (χ2v) is 12.5. The first-order chi connectivity index (χ1) is 24.8. The largest absolute Gasteiger partial charge is 0.309 e. The van der Waals surface area contributed by atoms with Gasteiger partial charge in [0.2, 0.25) is 5.95 Å². The van der Waals surface area contributed by atoms with Gasteiger partial charge in [0.25, 0.3) is 0 Å². The molecule has 50 heavy (non-hydrogen) atoms. The van der Waals surface area contributed by atoms with Crippen molar-refractivity contribution in [1.82, 2.24) is 24.1 Å². The van der Waals surface area contributed by atoms with Gasteiger partial charge in [-0.3, -0.25) is 4.57 Å². The van der Waals surface area contributed by atoms with Crippen LogP contribution in [-0.2, 0) is 0 Å². The van der Waals surface area contributed by atoms with Gasteiger partial charge in [-0.15, -0.1) is 0 Å². The van der Waals surface area contributed by atoms with Gasteiger partial charge in [-0.05, 0) is 59.7 Å².